The molecule has 0 saturated heterocycles. The van der Waals surface area contributed by atoms with E-state index in [1.165, 1.54) is 36.4 Å². The summed E-state index contributed by atoms with van der Waals surface area (Å²) in [5.41, 5.74) is 1.34. The minimum atomic E-state index is 0.0483. The van der Waals surface area contributed by atoms with E-state index < -0.39 is 0 Å². The van der Waals surface area contributed by atoms with Gasteiger partial charge in [-0.2, -0.15) is 0 Å². The fourth-order valence-corrected chi connectivity index (χ4v) is 3.62. The topological polar surface area (TPSA) is 33.1 Å². The van der Waals surface area contributed by atoms with Crippen molar-refractivity contribution in [2.75, 3.05) is 6.61 Å². The lowest BCUT2D eigenvalue weighted by Crippen LogP contribution is -2.37. The van der Waals surface area contributed by atoms with Crippen LogP contribution in [0.2, 0.25) is 0 Å². The normalized spacial score (nSPS) is 24.6. The zero-order chi connectivity index (χ0) is 10.3. The van der Waals surface area contributed by atoms with Crippen LogP contribution < -0.4 is 0 Å². The molecule has 2 fully saturated rings. The summed E-state index contributed by atoms with van der Waals surface area (Å²) in [4.78, 5) is 4.76. The average molecular weight is 223 g/mol. The molecule has 0 radical (unpaired) electrons. The van der Waals surface area contributed by atoms with Crippen molar-refractivity contribution in [1.82, 2.24) is 4.98 Å². The van der Waals surface area contributed by atoms with Gasteiger partial charge in [0, 0.05) is 16.7 Å². The van der Waals surface area contributed by atoms with Gasteiger partial charge in [-0.15, -0.1) is 11.3 Å². The van der Waals surface area contributed by atoms with Crippen molar-refractivity contribution in [3.63, 3.8) is 0 Å². The zero-order valence-corrected chi connectivity index (χ0v) is 9.72. The summed E-state index contributed by atoms with van der Waals surface area (Å²) in [6.45, 7) is 0.282. The van der Waals surface area contributed by atoms with Gasteiger partial charge in [0.15, 0.2) is 0 Å². The molecule has 0 aromatic carbocycles. The van der Waals surface area contributed by atoms with Crippen LogP contribution in [-0.4, -0.2) is 16.7 Å². The molecule has 82 valence electrons. The van der Waals surface area contributed by atoms with Gasteiger partial charge in [-0.3, -0.25) is 0 Å². The first-order valence-electron chi connectivity index (χ1n) is 5.91. The third-order valence-corrected chi connectivity index (χ3v) is 5.22. The van der Waals surface area contributed by atoms with Crippen LogP contribution in [0.5, 0.6) is 0 Å². The third-order valence-electron chi connectivity index (χ3n) is 4.11. The fraction of sp³-hybridized carbons (Fsp3) is 0.750. The Balaban J connectivity index is 1.82. The van der Waals surface area contributed by atoms with E-state index >= 15 is 0 Å². The van der Waals surface area contributed by atoms with Crippen LogP contribution >= 0.6 is 11.3 Å². The summed E-state index contributed by atoms with van der Waals surface area (Å²) in [5, 5.41) is 12.9. The van der Waals surface area contributed by atoms with Gasteiger partial charge in [0.05, 0.1) is 12.3 Å². The van der Waals surface area contributed by atoms with Crippen LogP contribution in [0, 0.1) is 0 Å². The molecular formula is C12H17NOS. The lowest BCUT2D eigenvalue weighted by molar-refractivity contribution is 0.119. The van der Waals surface area contributed by atoms with E-state index in [4.69, 9.17) is 4.98 Å². The highest BCUT2D eigenvalue weighted by Crippen LogP contribution is 2.46. The lowest BCUT2D eigenvalue weighted by Gasteiger charge is -2.38. The van der Waals surface area contributed by atoms with Gasteiger partial charge in [0.2, 0.25) is 0 Å². The molecule has 0 unspecified atom stereocenters. The second-order valence-corrected chi connectivity index (χ2v) is 5.86. The predicted molar refractivity (Wildman–Crippen MR) is 61.3 cm³/mol. The molecule has 0 amide bonds. The van der Waals surface area contributed by atoms with Crippen molar-refractivity contribution < 1.29 is 5.11 Å². The molecule has 2 aliphatic rings. The maximum absolute atomic E-state index is 9.48. The van der Waals surface area contributed by atoms with Gasteiger partial charge in [0.25, 0.3) is 0 Å². The number of hydrogen-bond donors (Lipinski definition) is 1. The second kappa shape index (κ2) is 3.56. The number of aliphatic hydroxyl groups excluding tert-OH is 1. The standard InChI is InChI=1S/C12H17NOS/c14-8-12(5-2-6-12)11-13-10(7-15-11)9-3-1-4-9/h7,9,14H,1-6,8H2. The first kappa shape index (κ1) is 9.79. The van der Waals surface area contributed by atoms with E-state index in [2.05, 4.69) is 5.38 Å². The van der Waals surface area contributed by atoms with Gasteiger partial charge < -0.3 is 5.11 Å². The van der Waals surface area contributed by atoms with E-state index in [-0.39, 0.29) is 12.0 Å². The maximum Gasteiger partial charge on any atom is 0.101 e. The minimum absolute atomic E-state index is 0.0483. The second-order valence-electron chi connectivity index (χ2n) is 5.00. The van der Waals surface area contributed by atoms with E-state index in [1.54, 1.807) is 11.3 Å². The molecule has 1 aromatic rings. The summed E-state index contributed by atoms with van der Waals surface area (Å²) in [7, 11) is 0. The molecule has 15 heavy (non-hydrogen) atoms. The molecule has 1 aromatic heterocycles. The van der Waals surface area contributed by atoms with Crippen LogP contribution in [0.25, 0.3) is 0 Å². The van der Waals surface area contributed by atoms with Crippen molar-refractivity contribution in [1.29, 1.82) is 0 Å². The van der Waals surface area contributed by atoms with Crippen molar-refractivity contribution in [2.24, 2.45) is 0 Å². The predicted octanol–water partition coefficient (Wildman–Crippen LogP) is 2.82. The van der Waals surface area contributed by atoms with Crippen molar-refractivity contribution in [3.05, 3.63) is 16.1 Å². The number of hydrogen-bond acceptors (Lipinski definition) is 3. The van der Waals surface area contributed by atoms with Crippen LogP contribution in [0.15, 0.2) is 5.38 Å². The largest absolute Gasteiger partial charge is 0.395 e. The molecule has 2 saturated carbocycles. The van der Waals surface area contributed by atoms with Gasteiger partial charge in [0.1, 0.15) is 5.01 Å². The summed E-state index contributed by atoms with van der Waals surface area (Å²) < 4.78 is 0. The van der Waals surface area contributed by atoms with Gasteiger partial charge in [-0.1, -0.05) is 12.8 Å². The van der Waals surface area contributed by atoms with Gasteiger partial charge in [-0.05, 0) is 25.7 Å². The number of nitrogens with zero attached hydrogens (tertiary/aromatic N) is 1. The number of thiazole rings is 1. The van der Waals surface area contributed by atoms with Crippen LogP contribution in [0.1, 0.15) is 55.1 Å². The SMILES string of the molecule is OCC1(c2nc(C3CCC3)cs2)CCC1. The highest BCUT2D eigenvalue weighted by Gasteiger charge is 2.41. The summed E-state index contributed by atoms with van der Waals surface area (Å²) in [6.07, 6.45) is 7.49. The van der Waals surface area contributed by atoms with Crippen LogP contribution in [-0.2, 0) is 5.41 Å². The molecule has 2 nitrogen and oxygen atoms in total. The first-order chi connectivity index (χ1) is 7.34. The third kappa shape index (κ3) is 1.44. The molecule has 3 rings (SSSR count). The molecular weight excluding hydrogens is 206 g/mol. The van der Waals surface area contributed by atoms with E-state index in [0.29, 0.717) is 0 Å². The van der Waals surface area contributed by atoms with Crippen molar-refractivity contribution >= 4 is 11.3 Å². The Morgan fingerprint density at radius 3 is 2.67 bits per heavy atom. The van der Waals surface area contributed by atoms with Crippen molar-refractivity contribution in [2.45, 2.75) is 49.9 Å². The smallest absolute Gasteiger partial charge is 0.101 e. The molecule has 3 heteroatoms. The molecule has 1 heterocycles. The molecule has 1 N–H and O–H groups in total. The highest BCUT2D eigenvalue weighted by atomic mass is 32.1. The van der Waals surface area contributed by atoms with E-state index in [9.17, 15) is 5.11 Å². The molecule has 0 spiro atoms. The summed E-state index contributed by atoms with van der Waals surface area (Å²) in [5.74, 6) is 0.728. The lowest BCUT2D eigenvalue weighted by atomic mass is 9.70. The van der Waals surface area contributed by atoms with Gasteiger partial charge in [-0.25, -0.2) is 4.98 Å². The highest BCUT2D eigenvalue weighted by molar-refractivity contribution is 7.09. The van der Waals surface area contributed by atoms with E-state index in [1.807, 2.05) is 0 Å². The Morgan fingerprint density at radius 1 is 1.40 bits per heavy atom. The average Bonchev–Trinajstić information content (AvgIpc) is 2.50. The molecule has 0 bridgehead atoms. The van der Waals surface area contributed by atoms with E-state index in [0.717, 1.165) is 18.8 Å². The zero-order valence-electron chi connectivity index (χ0n) is 8.91. The Morgan fingerprint density at radius 2 is 2.20 bits per heavy atom. The fourth-order valence-electron chi connectivity index (χ4n) is 2.46. The molecule has 2 aliphatic carbocycles. The Kier molecular flexibility index (Phi) is 2.33. The quantitative estimate of drug-likeness (QED) is 0.854. The van der Waals surface area contributed by atoms with Crippen LogP contribution in [0.3, 0.4) is 0 Å². The molecule has 0 aliphatic heterocycles. The number of aliphatic hydroxyl groups is 1. The van der Waals surface area contributed by atoms with Crippen LogP contribution in [0.4, 0.5) is 0 Å². The maximum atomic E-state index is 9.48. The summed E-state index contributed by atoms with van der Waals surface area (Å²) >= 11 is 1.76. The van der Waals surface area contributed by atoms with Gasteiger partial charge >= 0.3 is 0 Å². The number of aromatic nitrogens is 1. The minimum Gasteiger partial charge on any atom is -0.395 e. The molecule has 0 atom stereocenters. The summed E-state index contributed by atoms with van der Waals surface area (Å²) in [6, 6.07) is 0. The van der Waals surface area contributed by atoms with Crippen molar-refractivity contribution in [3.8, 4) is 0 Å². The Labute approximate surface area is 94.4 Å². The first-order valence-corrected chi connectivity index (χ1v) is 6.79. The monoisotopic (exact) mass is 223 g/mol. The number of rotatable bonds is 3. The Bertz CT molecular complexity index is 347. The Hall–Kier alpha value is -0.410.